The van der Waals surface area contributed by atoms with Gasteiger partial charge in [0.05, 0.1) is 23.9 Å². The Labute approximate surface area is 168 Å². The smallest absolute Gasteiger partial charge is 0.335 e. The Kier molecular flexibility index (Phi) is 5.59. The molecule has 0 fully saturated rings. The van der Waals surface area contributed by atoms with E-state index in [1.165, 1.54) is 24.3 Å². The van der Waals surface area contributed by atoms with E-state index in [4.69, 9.17) is 14.9 Å². The van der Waals surface area contributed by atoms with Gasteiger partial charge in [0.2, 0.25) is 0 Å². The highest BCUT2D eigenvalue weighted by Gasteiger charge is 2.35. The molecule has 7 heteroatoms. The molecular weight excluding hydrogens is 378 g/mol. The summed E-state index contributed by atoms with van der Waals surface area (Å²) in [5, 5.41) is 15.5. The first-order valence-corrected chi connectivity index (χ1v) is 9.44. The number of nitrogens with zero attached hydrogens (tertiary/aromatic N) is 2. The van der Waals surface area contributed by atoms with E-state index in [0.29, 0.717) is 17.7 Å². The van der Waals surface area contributed by atoms with Gasteiger partial charge >= 0.3 is 5.97 Å². The molecule has 5 nitrogen and oxygen atoms in total. The van der Waals surface area contributed by atoms with E-state index in [2.05, 4.69) is 0 Å². The SMILES string of the molecule is CCOc1c(F)cc(C2CC(C(C)(C)C)=NN2c2ccc(C(=O)O)cc2)cc1F. The van der Waals surface area contributed by atoms with Crippen LogP contribution in [0.15, 0.2) is 41.5 Å². The average molecular weight is 402 g/mol. The molecule has 0 aliphatic carbocycles. The third-order valence-electron chi connectivity index (χ3n) is 4.85. The largest absolute Gasteiger partial charge is 0.488 e. The van der Waals surface area contributed by atoms with Crippen molar-refractivity contribution in [1.29, 1.82) is 0 Å². The Balaban J connectivity index is 2.03. The fourth-order valence-corrected chi connectivity index (χ4v) is 3.27. The average Bonchev–Trinajstić information content (AvgIpc) is 3.10. The van der Waals surface area contributed by atoms with Gasteiger partial charge in [0.25, 0.3) is 0 Å². The fraction of sp³-hybridized carbons (Fsp3) is 0.364. The minimum absolute atomic E-state index is 0.155. The number of aromatic carboxylic acids is 1. The summed E-state index contributed by atoms with van der Waals surface area (Å²) >= 11 is 0. The van der Waals surface area contributed by atoms with Crippen molar-refractivity contribution in [1.82, 2.24) is 0 Å². The van der Waals surface area contributed by atoms with Crippen LogP contribution in [-0.4, -0.2) is 23.4 Å². The van der Waals surface area contributed by atoms with Crippen LogP contribution in [0.5, 0.6) is 5.75 Å². The highest BCUT2D eigenvalue weighted by Crippen LogP contribution is 2.40. The first-order chi connectivity index (χ1) is 13.6. The molecule has 154 valence electrons. The number of carbonyl (C=O) groups is 1. The molecule has 1 N–H and O–H groups in total. The van der Waals surface area contributed by atoms with Crippen LogP contribution in [0.2, 0.25) is 0 Å². The number of hydrazone groups is 1. The topological polar surface area (TPSA) is 62.1 Å². The van der Waals surface area contributed by atoms with Gasteiger partial charge < -0.3 is 9.84 Å². The lowest BCUT2D eigenvalue weighted by atomic mass is 9.85. The van der Waals surface area contributed by atoms with Crippen molar-refractivity contribution in [3.05, 3.63) is 59.2 Å². The number of rotatable bonds is 5. The zero-order valence-electron chi connectivity index (χ0n) is 16.9. The zero-order chi connectivity index (χ0) is 21.3. The van der Waals surface area contributed by atoms with Crippen molar-refractivity contribution < 1.29 is 23.4 Å². The number of ether oxygens (including phenoxy) is 1. The lowest BCUT2D eigenvalue weighted by molar-refractivity contribution is 0.0697. The molecule has 3 rings (SSSR count). The molecular formula is C22H24F2N2O3. The predicted octanol–water partition coefficient (Wildman–Crippen LogP) is 5.42. The number of anilines is 1. The first-order valence-electron chi connectivity index (χ1n) is 9.44. The molecule has 0 saturated heterocycles. The molecule has 0 spiro atoms. The van der Waals surface area contributed by atoms with Crippen molar-refractivity contribution in [2.24, 2.45) is 10.5 Å². The Bertz CT molecular complexity index is 927. The number of carboxylic acid groups (broad SMARTS) is 1. The zero-order valence-corrected chi connectivity index (χ0v) is 16.9. The monoisotopic (exact) mass is 402 g/mol. The van der Waals surface area contributed by atoms with Gasteiger partial charge in [0, 0.05) is 17.5 Å². The van der Waals surface area contributed by atoms with Gasteiger partial charge in [-0.15, -0.1) is 0 Å². The summed E-state index contributed by atoms with van der Waals surface area (Å²) < 4.78 is 34.0. The van der Waals surface area contributed by atoms with E-state index >= 15 is 0 Å². The minimum atomic E-state index is -1.02. The van der Waals surface area contributed by atoms with E-state index in [0.717, 1.165) is 5.71 Å². The molecule has 1 unspecified atom stereocenters. The lowest BCUT2D eigenvalue weighted by Crippen LogP contribution is -2.20. The number of hydrogen-bond acceptors (Lipinski definition) is 4. The predicted molar refractivity (Wildman–Crippen MR) is 108 cm³/mol. The van der Waals surface area contributed by atoms with Crippen molar-refractivity contribution in [2.75, 3.05) is 11.6 Å². The molecule has 1 aliphatic heterocycles. The molecule has 1 atom stereocenters. The van der Waals surface area contributed by atoms with E-state index in [1.807, 2.05) is 20.8 Å². The number of carboxylic acids is 1. The highest BCUT2D eigenvalue weighted by atomic mass is 19.1. The van der Waals surface area contributed by atoms with Crippen LogP contribution in [0.25, 0.3) is 0 Å². The van der Waals surface area contributed by atoms with E-state index in [-0.39, 0.29) is 23.3 Å². The number of halogens is 2. The second kappa shape index (κ2) is 7.81. The molecule has 2 aromatic rings. The van der Waals surface area contributed by atoms with Crippen LogP contribution in [0.4, 0.5) is 14.5 Å². The van der Waals surface area contributed by atoms with Gasteiger partial charge in [0.1, 0.15) is 0 Å². The quantitative estimate of drug-likeness (QED) is 0.726. The minimum Gasteiger partial charge on any atom is -0.488 e. The van der Waals surface area contributed by atoms with E-state index in [9.17, 15) is 13.6 Å². The van der Waals surface area contributed by atoms with Crippen molar-refractivity contribution in [3.63, 3.8) is 0 Å². The summed E-state index contributed by atoms with van der Waals surface area (Å²) in [5.41, 5.74) is 1.90. The van der Waals surface area contributed by atoms with Crippen molar-refractivity contribution >= 4 is 17.4 Å². The van der Waals surface area contributed by atoms with Gasteiger partial charge in [-0.2, -0.15) is 5.10 Å². The van der Waals surface area contributed by atoms with Crippen LogP contribution in [0, 0.1) is 17.0 Å². The van der Waals surface area contributed by atoms with Crippen LogP contribution in [-0.2, 0) is 0 Å². The summed E-state index contributed by atoms with van der Waals surface area (Å²) in [6.45, 7) is 7.91. The molecule has 0 saturated carbocycles. The number of hydrogen-bond donors (Lipinski definition) is 1. The molecule has 0 radical (unpaired) electrons. The van der Waals surface area contributed by atoms with Gasteiger partial charge in [-0.25, -0.2) is 13.6 Å². The Morgan fingerprint density at radius 2 is 1.79 bits per heavy atom. The molecule has 0 amide bonds. The molecule has 29 heavy (non-hydrogen) atoms. The van der Waals surface area contributed by atoms with Crippen molar-refractivity contribution in [2.45, 2.75) is 40.2 Å². The van der Waals surface area contributed by atoms with Crippen LogP contribution in [0.3, 0.4) is 0 Å². The second-order valence-electron chi connectivity index (χ2n) is 7.96. The summed E-state index contributed by atoms with van der Waals surface area (Å²) in [5.74, 6) is -2.92. The first kappa shape index (κ1) is 20.8. The molecule has 1 aliphatic rings. The van der Waals surface area contributed by atoms with Crippen LogP contribution in [0.1, 0.15) is 56.1 Å². The fourth-order valence-electron chi connectivity index (χ4n) is 3.27. The maximum absolute atomic E-state index is 14.5. The molecule has 0 bridgehead atoms. The number of benzene rings is 2. The third kappa shape index (κ3) is 4.23. The highest BCUT2D eigenvalue weighted by molar-refractivity contribution is 5.93. The summed E-state index contributed by atoms with van der Waals surface area (Å²) in [4.78, 5) is 11.1. The van der Waals surface area contributed by atoms with Gasteiger partial charge in [-0.05, 0) is 48.9 Å². The second-order valence-corrected chi connectivity index (χ2v) is 7.96. The van der Waals surface area contributed by atoms with Gasteiger partial charge in [-0.3, -0.25) is 5.01 Å². The Morgan fingerprint density at radius 3 is 2.28 bits per heavy atom. The summed E-state index contributed by atoms with van der Waals surface area (Å²) in [7, 11) is 0. The maximum atomic E-state index is 14.5. The van der Waals surface area contributed by atoms with Crippen LogP contribution < -0.4 is 9.75 Å². The lowest BCUT2D eigenvalue weighted by Gasteiger charge is -2.24. The summed E-state index contributed by atoms with van der Waals surface area (Å²) in [6.07, 6.45) is 0.497. The van der Waals surface area contributed by atoms with Crippen LogP contribution >= 0.6 is 0 Å². The normalized spacial score (nSPS) is 16.7. The van der Waals surface area contributed by atoms with Gasteiger partial charge in [-0.1, -0.05) is 20.8 Å². The third-order valence-corrected chi connectivity index (χ3v) is 4.85. The van der Waals surface area contributed by atoms with Gasteiger partial charge in [0.15, 0.2) is 17.4 Å². The Morgan fingerprint density at radius 1 is 1.21 bits per heavy atom. The summed E-state index contributed by atoms with van der Waals surface area (Å²) in [6, 6.07) is 8.40. The Hall–Kier alpha value is -2.96. The molecule has 2 aromatic carbocycles. The standard InChI is InChI=1S/C22H24F2N2O3/c1-5-29-20-16(23)10-14(11-17(20)24)18-12-19(22(2,3)4)25-26(18)15-8-6-13(7-9-15)21(27)28/h6-11,18H,5,12H2,1-4H3,(H,27,28). The molecule has 1 heterocycles. The molecule has 0 aromatic heterocycles. The van der Waals surface area contributed by atoms with Crippen molar-refractivity contribution in [3.8, 4) is 5.75 Å². The maximum Gasteiger partial charge on any atom is 0.335 e. The van der Waals surface area contributed by atoms with E-state index in [1.54, 1.807) is 24.1 Å². The van der Waals surface area contributed by atoms with E-state index < -0.39 is 23.6 Å².